The van der Waals surface area contributed by atoms with E-state index < -0.39 is 16.0 Å². The van der Waals surface area contributed by atoms with Gasteiger partial charge in [0, 0.05) is 13.1 Å². The van der Waals surface area contributed by atoms with Gasteiger partial charge in [0.25, 0.3) is 0 Å². The number of nitrogens with zero attached hydrogens (tertiary/aromatic N) is 1. The molecule has 1 unspecified atom stereocenters. The van der Waals surface area contributed by atoms with Crippen molar-refractivity contribution in [3.63, 3.8) is 0 Å². The molecule has 0 amide bonds. The second-order valence-electron chi connectivity index (χ2n) is 3.39. The summed E-state index contributed by atoms with van der Waals surface area (Å²) in [6.45, 7) is 2.40. The SMILES string of the molecule is CC1CN(CCC(=O)O)S(=O)(=O)C1. The smallest absolute Gasteiger partial charge is 0.304 e. The number of carboxylic acid groups (broad SMARTS) is 1. The molecule has 1 saturated heterocycles. The molecule has 13 heavy (non-hydrogen) atoms. The van der Waals surface area contributed by atoms with Crippen LogP contribution in [-0.2, 0) is 14.8 Å². The van der Waals surface area contributed by atoms with E-state index >= 15 is 0 Å². The lowest BCUT2D eigenvalue weighted by molar-refractivity contribution is -0.137. The van der Waals surface area contributed by atoms with Crippen molar-refractivity contribution in [1.82, 2.24) is 4.31 Å². The van der Waals surface area contributed by atoms with E-state index in [2.05, 4.69) is 0 Å². The number of aliphatic carboxylic acids is 1. The highest BCUT2D eigenvalue weighted by Gasteiger charge is 2.33. The van der Waals surface area contributed by atoms with Gasteiger partial charge in [0.2, 0.25) is 10.0 Å². The molecule has 1 heterocycles. The van der Waals surface area contributed by atoms with Gasteiger partial charge in [-0.3, -0.25) is 4.79 Å². The monoisotopic (exact) mass is 207 g/mol. The lowest BCUT2D eigenvalue weighted by Gasteiger charge is -2.12. The summed E-state index contributed by atoms with van der Waals surface area (Å²) in [5, 5.41) is 8.39. The fourth-order valence-corrected chi connectivity index (χ4v) is 3.32. The molecule has 76 valence electrons. The van der Waals surface area contributed by atoms with E-state index in [1.807, 2.05) is 6.92 Å². The van der Waals surface area contributed by atoms with Crippen LogP contribution >= 0.6 is 0 Å². The quantitative estimate of drug-likeness (QED) is 0.692. The van der Waals surface area contributed by atoms with Gasteiger partial charge in [-0.25, -0.2) is 12.7 Å². The molecule has 1 atom stereocenters. The number of sulfonamides is 1. The Morgan fingerprint density at radius 1 is 1.62 bits per heavy atom. The van der Waals surface area contributed by atoms with Crippen molar-refractivity contribution in [2.45, 2.75) is 13.3 Å². The fourth-order valence-electron chi connectivity index (χ4n) is 1.43. The standard InChI is InChI=1S/C7H13NO4S/c1-6-4-8(3-2-7(9)10)13(11,12)5-6/h6H,2-5H2,1H3,(H,9,10). The zero-order chi connectivity index (χ0) is 10.1. The van der Waals surface area contributed by atoms with Gasteiger partial charge in [-0.1, -0.05) is 6.92 Å². The number of hydrogen-bond donors (Lipinski definition) is 1. The van der Waals surface area contributed by atoms with Crippen LogP contribution in [0.15, 0.2) is 0 Å². The molecule has 0 aromatic heterocycles. The Kier molecular flexibility index (Phi) is 2.92. The molecule has 1 aliphatic rings. The molecule has 0 bridgehead atoms. The molecule has 0 aromatic rings. The highest BCUT2D eigenvalue weighted by molar-refractivity contribution is 7.89. The minimum absolute atomic E-state index is 0.0992. The lowest BCUT2D eigenvalue weighted by atomic mass is 10.2. The lowest BCUT2D eigenvalue weighted by Crippen LogP contribution is -2.28. The Balaban J connectivity index is 2.56. The Hall–Kier alpha value is -0.620. The Morgan fingerprint density at radius 2 is 2.23 bits per heavy atom. The van der Waals surface area contributed by atoms with E-state index in [9.17, 15) is 13.2 Å². The summed E-state index contributed by atoms with van der Waals surface area (Å²) >= 11 is 0. The third-order valence-electron chi connectivity index (χ3n) is 1.98. The molecule has 1 fully saturated rings. The molecule has 6 heteroatoms. The molecule has 0 radical (unpaired) electrons. The summed E-state index contributed by atoms with van der Waals surface area (Å²) in [5.41, 5.74) is 0. The third-order valence-corrected chi connectivity index (χ3v) is 4.09. The van der Waals surface area contributed by atoms with Crippen LogP contribution in [-0.4, -0.2) is 42.6 Å². The van der Waals surface area contributed by atoms with E-state index in [-0.39, 0.29) is 24.6 Å². The first kappa shape index (κ1) is 10.5. The third kappa shape index (κ3) is 2.67. The summed E-state index contributed by atoms with van der Waals surface area (Å²) in [5.74, 6) is -0.708. The second-order valence-corrected chi connectivity index (χ2v) is 5.40. The summed E-state index contributed by atoms with van der Waals surface area (Å²) in [7, 11) is -3.16. The van der Waals surface area contributed by atoms with Crippen molar-refractivity contribution < 1.29 is 18.3 Å². The molecule has 0 aliphatic carbocycles. The fraction of sp³-hybridized carbons (Fsp3) is 0.857. The Labute approximate surface area is 77.4 Å². The van der Waals surface area contributed by atoms with Gasteiger partial charge in [0.15, 0.2) is 0 Å². The maximum Gasteiger partial charge on any atom is 0.304 e. The van der Waals surface area contributed by atoms with Gasteiger partial charge < -0.3 is 5.11 Å². The topological polar surface area (TPSA) is 74.7 Å². The minimum Gasteiger partial charge on any atom is -0.481 e. The van der Waals surface area contributed by atoms with Gasteiger partial charge in [0.1, 0.15) is 0 Å². The van der Waals surface area contributed by atoms with Crippen LogP contribution in [0.1, 0.15) is 13.3 Å². The predicted molar refractivity (Wildman–Crippen MR) is 46.8 cm³/mol. The molecular formula is C7H13NO4S. The van der Waals surface area contributed by atoms with Crippen LogP contribution in [0.25, 0.3) is 0 Å². The summed E-state index contributed by atoms with van der Waals surface area (Å²) < 4.78 is 23.9. The van der Waals surface area contributed by atoms with Crippen molar-refractivity contribution in [2.24, 2.45) is 5.92 Å². The maximum absolute atomic E-state index is 11.3. The zero-order valence-electron chi connectivity index (χ0n) is 7.43. The Bertz CT molecular complexity index is 298. The maximum atomic E-state index is 11.3. The van der Waals surface area contributed by atoms with Crippen molar-refractivity contribution >= 4 is 16.0 Å². The molecule has 0 saturated carbocycles. The van der Waals surface area contributed by atoms with Gasteiger partial charge in [-0.15, -0.1) is 0 Å². The largest absolute Gasteiger partial charge is 0.481 e. The van der Waals surface area contributed by atoms with Crippen LogP contribution in [0.4, 0.5) is 0 Å². The highest BCUT2D eigenvalue weighted by Crippen LogP contribution is 2.18. The molecule has 1 rings (SSSR count). The van der Waals surface area contributed by atoms with Crippen molar-refractivity contribution in [1.29, 1.82) is 0 Å². The van der Waals surface area contributed by atoms with E-state index in [0.29, 0.717) is 6.54 Å². The van der Waals surface area contributed by atoms with Gasteiger partial charge in [0.05, 0.1) is 12.2 Å². The first-order chi connectivity index (χ1) is 5.92. The highest BCUT2D eigenvalue weighted by atomic mass is 32.2. The zero-order valence-corrected chi connectivity index (χ0v) is 8.25. The molecule has 5 nitrogen and oxygen atoms in total. The number of carbonyl (C=O) groups is 1. The summed E-state index contributed by atoms with van der Waals surface area (Å²) in [6.07, 6.45) is -0.119. The summed E-state index contributed by atoms with van der Waals surface area (Å²) in [6, 6.07) is 0. The van der Waals surface area contributed by atoms with Crippen LogP contribution in [0.3, 0.4) is 0 Å². The molecule has 0 spiro atoms. The summed E-state index contributed by atoms with van der Waals surface area (Å²) in [4.78, 5) is 10.2. The first-order valence-electron chi connectivity index (χ1n) is 4.11. The Morgan fingerprint density at radius 3 is 2.62 bits per heavy atom. The second kappa shape index (κ2) is 3.63. The van der Waals surface area contributed by atoms with E-state index in [0.717, 1.165) is 0 Å². The molecule has 0 aromatic carbocycles. The minimum atomic E-state index is -3.16. The predicted octanol–water partition coefficient (Wildman–Crippen LogP) is -0.257. The first-order valence-corrected chi connectivity index (χ1v) is 5.72. The number of hydrogen-bond acceptors (Lipinski definition) is 3. The van der Waals surface area contributed by atoms with Gasteiger partial charge >= 0.3 is 5.97 Å². The number of carboxylic acids is 1. The van der Waals surface area contributed by atoms with E-state index in [1.54, 1.807) is 0 Å². The van der Waals surface area contributed by atoms with Gasteiger partial charge in [-0.05, 0) is 5.92 Å². The van der Waals surface area contributed by atoms with Crippen molar-refractivity contribution in [2.75, 3.05) is 18.8 Å². The van der Waals surface area contributed by atoms with Crippen LogP contribution in [0, 0.1) is 5.92 Å². The van der Waals surface area contributed by atoms with Crippen molar-refractivity contribution in [3.8, 4) is 0 Å². The van der Waals surface area contributed by atoms with Crippen LogP contribution in [0.5, 0.6) is 0 Å². The van der Waals surface area contributed by atoms with E-state index in [4.69, 9.17) is 5.11 Å². The van der Waals surface area contributed by atoms with E-state index in [1.165, 1.54) is 4.31 Å². The van der Waals surface area contributed by atoms with Crippen LogP contribution in [0.2, 0.25) is 0 Å². The van der Waals surface area contributed by atoms with Crippen LogP contribution < -0.4 is 0 Å². The van der Waals surface area contributed by atoms with Crippen molar-refractivity contribution in [3.05, 3.63) is 0 Å². The molecular weight excluding hydrogens is 194 g/mol. The molecule has 1 aliphatic heterocycles. The normalized spacial score (nSPS) is 27.6. The average molecular weight is 207 g/mol. The average Bonchev–Trinajstić information content (AvgIpc) is 2.19. The molecule has 1 N–H and O–H groups in total. The number of rotatable bonds is 3. The van der Waals surface area contributed by atoms with Gasteiger partial charge in [-0.2, -0.15) is 0 Å².